The first-order valence-electron chi connectivity index (χ1n) is 8.85. The zero-order valence-corrected chi connectivity index (χ0v) is 15.4. The van der Waals surface area contributed by atoms with Crippen LogP contribution in [0.1, 0.15) is 52.1 Å². The number of carbonyl (C=O) groups excluding carboxylic acids is 2. The fourth-order valence-electron chi connectivity index (χ4n) is 3.33. The van der Waals surface area contributed by atoms with Crippen molar-refractivity contribution in [2.75, 3.05) is 24.5 Å². The molecule has 2 fully saturated rings. The number of cyclic esters (lactones) is 1. The summed E-state index contributed by atoms with van der Waals surface area (Å²) in [6.07, 6.45) is 4.66. The van der Waals surface area contributed by atoms with E-state index in [2.05, 4.69) is 9.97 Å². The van der Waals surface area contributed by atoms with Crippen LogP contribution in [0.3, 0.4) is 0 Å². The summed E-state index contributed by atoms with van der Waals surface area (Å²) in [4.78, 5) is 36.5. The number of hydrogen-bond acceptors (Lipinski definition) is 5. The Kier molecular flexibility index (Phi) is 4.67. The molecule has 0 saturated carbocycles. The highest BCUT2D eigenvalue weighted by Gasteiger charge is 2.32. The van der Waals surface area contributed by atoms with Crippen LogP contribution in [0.15, 0.2) is 12.4 Å². The van der Waals surface area contributed by atoms with E-state index in [9.17, 15) is 9.59 Å². The van der Waals surface area contributed by atoms with Crippen LogP contribution in [0.4, 0.5) is 10.6 Å². The third kappa shape index (κ3) is 3.75. The number of nitrogens with zero attached hydrogens (tertiary/aromatic N) is 4. The number of likely N-dealkylation sites (tertiary alicyclic amines) is 1. The largest absolute Gasteiger partial charge is 0.444 e. The molecule has 0 aliphatic carbocycles. The van der Waals surface area contributed by atoms with Gasteiger partial charge in [0.1, 0.15) is 6.10 Å². The number of aromatic nitrogens is 2. The van der Waals surface area contributed by atoms with Gasteiger partial charge in [-0.15, -0.1) is 0 Å². The topological polar surface area (TPSA) is 75.6 Å². The Labute approximate surface area is 148 Å². The van der Waals surface area contributed by atoms with E-state index in [4.69, 9.17) is 4.74 Å². The van der Waals surface area contributed by atoms with Crippen molar-refractivity contribution in [1.29, 1.82) is 0 Å². The second-order valence-corrected chi connectivity index (χ2v) is 7.92. The summed E-state index contributed by atoms with van der Waals surface area (Å²) in [6.45, 7) is 9.72. The highest BCUT2D eigenvalue weighted by Crippen LogP contribution is 2.29. The molecule has 0 unspecified atom stereocenters. The molecule has 0 spiro atoms. The minimum Gasteiger partial charge on any atom is -0.444 e. The van der Waals surface area contributed by atoms with Crippen molar-refractivity contribution in [3.8, 4) is 0 Å². The Morgan fingerprint density at radius 1 is 1.20 bits per heavy atom. The molecule has 25 heavy (non-hydrogen) atoms. The van der Waals surface area contributed by atoms with Crippen LogP contribution in [0.5, 0.6) is 0 Å². The van der Waals surface area contributed by atoms with Gasteiger partial charge in [-0.05, 0) is 19.8 Å². The van der Waals surface area contributed by atoms with Crippen LogP contribution < -0.4 is 4.90 Å². The number of carbonyl (C=O) groups is 2. The van der Waals surface area contributed by atoms with Crippen molar-refractivity contribution in [3.63, 3.8) is 0 Å². The summed E-state index contributed by atoms with van der Waals surface area (Å²) < 4.78 is 5.12. The summed E-state index contributed by atoms with van der Waals surface area (Å²) in [5, 5.41) is 0. The van der Waals surface area contributed by atoms with Gasteiger partial charge in [0.05, 0.1) is 24.6 Å². The molecule has 2 aliphatic heterocycles. The number of anilines is 1. The maximum Gasteiger partial charge on any atom is 0.415 e. The molecular weight excluding hydrogens is 320 g/mol. The van der Waals surface area contributed by atoms with Gasteiger partial charge in [0.15, 0.2) is 5.82 Å². The molecular formula is C18H26N4O3. The minimum absolute atomic E-state index is 0.126. The van der Waals surface area contributed by atoms with E-state index in [0.29, 0.717) is 18.3 Å². The van der Waals surface area contributed by atoms with E-state index < -0.39 is 0 Å². The van der Waals surface area contributed by atoms with Crippen molar-refractivity contribution >= 4 is 17.8 Å². The van der Waals surface area contributed by atoms with E-state index in [-0.39, 0.29) is 23.5 Å². The number of amides is 2. The number of ether oxygens (including phenoxy) is 1. The Bertz CT molecular complexity index is 645. The van der Waals surface area contributed by atoms with Crippen LogP contribution in [-0.4, -0.2) is 52.6 Å². The fourth-order valence-corrected chi connectivity index (χ4v) is 3.33. The molecule has 2 amide bonds. The molecule has 2 aliphatic rings. The summed E-state index contributed by atoms with van der Waals surface area (Å²) in [5.41, 5.74) is 0.586. The lowest BCUT2D eigenvalue weighted by Gasteiger charge is -2.35. The zero-order chi connectivity index (χ0) is 18.2. The number of hydrogen-bond donors (Lipinski definition) is 0. The van der Waals surface area contributed by atoms with Crippen LogP contribution >= 0.6 is 0 Å². The Morgan fingerprint density at radius 2 is 1.88 bits per heavy atom. The van der Waals surface area contributed by atoms with Crippen LogP contribution in [-0.2, 0) is 9.53 Å². The maximum absolute atomic E-state index is 12.4. The lowest BCUT2D eigenvalue weighted by molar-refractivity contribution is -0.140. The Morgan fingerprint density at radius 3 is 2.36 bits per heavy atom. The predicted octanol–water partition coefficient (Wildman–Crippen LogP) is 2.57. The number of rotatable bonds is 2. The van der Waals surface area contributed by atoms with E-state index in [0.717, 1.165) is 31.6 Å². The van der Waals surface area contributed by atoms with Crippen molar-refractivity contribution in [3.05, 3.63) is 18.1 Å². The van der Waals surface area contributed by atoms with Crippen LogP contribution in [0.2, 0.25) is 0 Å². The SMILES string of the molecule is C[C@H]1CN(c2cnc(C3CCN(C(=O)C(C)(C)C)CC3)cn2)C(=O)O1. The van der Waals surface area contributed by atoms with Gasteiger partial charge in [0, 0.05) is 24.4 Å². The Hall–Kier alpha value is -2.18. The van der Waals surface area contributed by atoms with Crippen molar-refractivity contribution in [2.24, 2.45) is 5.41 Å². The molecule has 0 aromatic carbocycles. The molecule has 7 nitrogen and oxygen atoms in total. The minimum atomic E-state index is -0.372. The molecule has 2 saturated heterocycles. The second kappa shape index (κ2) is 6.61. The normalized spacial score (nSPS) is 22.2. The first-order valence-corrected chi connectivity index (χ1v) is 8.85. The van der Waals surface area contributed by atoms with Crippen molar-refractivity contribution in [1.82, 2.24) is 14.9 Å². The molecule has 3 rings (SSSR count). The van der Waals surface area contributed by atoms with Gasteiger partial charge in [-0.25, -0.2) is 9.78 Å². The Balaban J connectivity index is 1.61. The van der Waals surface area contributed by atoms with Gasteiger partial charge in [-0.1, -0.05) is 20.8 Å². The molecule has 1 atom stereocenters. The molecule has 7 heteroatoms. The third-order valence-corrected chi connectivity index (χ3v) is 4.74. The second-order valence-electron chi connectivity index (χ2n) is 7.92. The average molecular weight is 346 g/mol. The molecule has 0 radical (unpaired) electrons. The van der Waals surface area contributed by atoms with E-state index in [1.54, 1.807) is 12.4 Å². The monoisotopic (exact) mass is 346 g/mol. The summed E-state index contributed by atoms with van der Waals surface area (Å²) >= 11 is 0. The summed E-state index contributed by atoms with van der Waals surface area (Å²) in [7, 11) is 0. The van der Waals surface area contributed by atoms with Gasteiger partial charge < -0.3 is 9.64 Å². The molecule has 3 heterocycles. The molecule has 136 valence electrons. The molecule has 0 bridgehead atoms. The first-order chi connectivity index (χ1) is 11.8. The van der Waals surface area contributed by atoms with Gasteiger partial charge in [-0.3, -0.25) is 14.7 Å². The van der Waals surface area contributed by atoms with E-state index >= 15 is 0 Å². The lowest BCUT2D eigenvalue weighted by Crippen LogP contribution is -2.43. The fraction of sp³-hybridized carbons (Fsp3) is 0.667. The highest BCUT2D eigenvalue weighted by atomic mass is 16.6. The van der Waals surface area contributed by atoms with Crippen LogP contribution in [0, 0.1) is 5.41 Å². The standard InChI is InChI=1S/C18H26N4O3/c1-12-11-22(17(24)25-12)15-10-19-14(9-20-15)13-5-7-21(8-6-13)16(23)18(2,3)4/h9-10,12-13H,5-8,11H2,1-4H3/t12-/m0/s1. The number of piperidine rings is 1. The molecule has 1 aromatic heterocycles. The van der Waals surface area contributed by atoms with E-state index in [1.165, 1.54) is 4.90 Å². The molecule has 1 aromatic rings. The third-order valence-electron chi connectivity index (χ3n) is 4.74. The quantitative estimate of drug-likeness (QED) is 0.823. The maximum atomic E-state index is 12.4. The predicted molar refractivity (Wildman–Crippen MR) is 93.3 cm³/mol. The van der Waals surface area contributed by atoms with Gasteiger partial charge in [0.2, 0.25) is 5.91 Å². The van der Waals surface area contributed by atoms with Crippen LogP contribution in [0.25, 0.3) is 0 Å². The van der Waals surface area contributed by atoms with Gasteiger partial charge in [-0.2, -0.15) is 0 Å². The van der Waals surface area contributed by atoms with Crippen molar-refractivity contribution < 1.29 is 14.3 Å². The first kappa shape index (κ1) is 17.6. The van der Waals surface area contributed by atoms with Crippen molar-refractivity contribution in [2.45, 2.75) is 52.6 Å². The highest BCUT2D eigenvalue weighted by molar-refractivity contribution is 5.88. The summed E-state index contributed by atoms with van der Waals surface area (Å²) in [5.74, 6) is 1.03. The van der Waals surface area contributed by atoms with E-state index in [1.807, 2.05) is 32.6 Å². The van der Waals surface area contributed by atoms with Gasteiger partial charge >= 0.3 is 6.09 Å². The van der Waals surface area contributed by atoms with Gasteiger partial charge in [0.25, 0.3) is 0 Å². The molecule has 0 N–H and O–H groups in total. The average Bonchev–Trinajstić information content (AvgIpc) is 2.92. The summed E-state index contributed by atoms with van der Waals surface area (Å²) in [6, 6.07) is 0. The zero-order valence-electron chi connectivity index (χ0n) is 15.4. The lowest BCUT2D eigenvalue weighted by atomic mass is 9.90. The smallest absolute Gasteiger partial charge is 0.415 e.